The summed E-state index contributed by atoms with van der Waals surface area (Å²) in [5, 5.41) is 1.13. The molecule has 1 heterocycles. The molecular formula is C17H15N. The van der Waals surface area contributed by atoms with Gasteiger partial charge in [-0.2, -0.15) is 0 Å². The van der Waals surface area contributed by atoms with Crippen LogP contribution in [-0.4, -0.2) is 4.57 Å². The zero-order valence-electron chi connectivity index (χ0n) is 11.3. The molecule has 0 radical (unpaired) electrons. The highest BCUT2D eigenvalue weighted by atomic mass is 14.9. The van der Waals surface area contributed by atoms with Gasteiger partial charge in [0.25, 0.3) is 0 Å². The SMILES string of the molecule is [2H]/C(=C\c1ccccc1)c1cn(C)c2ccccc12. The quantitative estimate of drug-likeness (QED) is 0.621. The Bertz CT molecular complexity index is 738. The summed E-state index contributed by atoms with van der Waals surface area (Å²) in [5.41, 5.74) is 3.19. The van der Waals surface area contributed by atoms with Gasteiger partial charge in [-0.15, -0.1) is 0 Å². The van der Waals surface area contributed by atoms with Gasteiger partial charge in [0.15, 0.2) is 0 Å². The van der Waals surface area contributed by atoms with Gasteiger partial charge in [-0.25, -0.2) is 0 Å². The van der Waals surface area contributed by atoms with Crippen LogP contribution < -0.4 is 0 Å². The Balaban J connectivity index is 2.12. The van der Waals surface area contributed by atoms with E-state index in [1.807, 2.05) is 61.8 Å². The molecule has 0 bridgehead atoms. The number of rotatable bonds is 2. The largest absolute Gasteiger partial charge is 0.350 e. The molecule has 0 aliphatic carbocycles. The maximum Gasteiger partial charge on any atom is 0.0630 e. The fraction of sp³-hybridized carbons (Fsp3) is 0.0588. The fourth-order valence-corrected chi connectivity index (χ4v) is 2.17. The van der Waals surface area contributed by atoms with E-state index in [1.165, 1.54) is 0 Å². The third kappa shape index (κ3) is 1.95. The Morgan fingerprint density at radius 1 is 1.00 bits per heavy atom. The lowest BCUT2D eigenvalue weighted by Crippen LogP contribution is -1.81. The van der Waals surface area contributed by atoms with Gasteiger partial charge in [-0.05, 0) is 17.2 Å². The first-order valence-electron chi connectivity index (χ1n) is 6.53. The molecule has 1 nitrogen and oxygen atoms in total. The molecule has 18 heavy (non-hydrogen) atoms. The zero-order chi connectivity index (χ0) is 13.2. The van der Waals surface area contributed by atoms with Crippen LogP contribution in [0.2, 0.25) is 0 Å². The molecule has 0 amide bonds. The Labute approximate surface area is 108 Å². The fourth-order valence-electron chi connectivity index (χ4n) is 2.17. The summed E-state index contributed by atoms with van der Waals surface area (Å²) in [6.45, 7) is 0. The second-order valence-electron chi connectivity index (χ2n) is 4.37. The molecule has 0 unspecified atom stereocenters. The number of nitrogens with zero attached hydrogens (tertiary/aromatic N) is 1. The van der Waals surface area contributed by atoms with Gasteiger partial charge >= 0.3 is 0 Å². The van der Waals surface area contributed by atoms with Gasteiger partial charge in [0, 0.05) is 24.1 Å². The monoisotopic (exact) mass is 234 g/mol. The molecule has 0 aliphatic heterocycles. The van der Waals surface area contributed by atoms with Crippen LogP contribution in [0.15, 0.2) is 60.8 Å². The van der Waals surface area contributed by atoms with Crippen molar-refractivity contribution in [1.29, 1.82) is 0 Å². The summed E-state index contributed by atoms with van der Waals surface area (Å²) >= 11 is 0. The van der Waals surface area contributed by atoms with Crippen molar-refractivity contribution in [2.75, 3.05) is 0 Å². The zero-order valence-corrected chi connectivity index (χ0v) is 10.3. The molecule has 0 atom stereocenters. The predicted octanol–water partition coefficient (Wildman–Crippen LogP) is 4.35. The highest BCUT2D eigenvalue weighted by Gasteiger charge is 2.02. The first kappa shape index (κ1) is 9.72. The smallest absolute Gasteiger partial charge is 0.0630 e. The van der Waals surface area contributed by atoms with Crippen molar-refractivity contribution in [1.82, 2.24) is 4.57 Å². The highest BCUT2D eigenvalue weighted by molar-refractivity contribution is 5.91. The molecule has 2 aromatic carbocycles. The maximum absolute atomic E-state index is 8.29. The second-order valence-corrected chi connectivity index (χ2v) is 4.37. The average molecular weight is 234 g/mol. The van der Waals surface area contributed by atoms with E-state index in [1.54, 1.807) is 0 Å². The van der Waals surface area contributed by atoms with Crippen molar-refractivity contribution < 1.29 is 1.37 Å². The van der Waals surface area contributed by atoms with E-state index < -0.39 is 0 Å². The normalized spacial score (nSPS) is 12.7. The van der Waals surface area contributed by atoms with Crippen LogP contribution in [0.1, 0.15) is 12.5 Å². The van der Waals surface area contributed by atoms with Gasteiger partial charge in [-0.3, -0.25) is 0 Å². The third-order valence-electron chi connectivity index (χ3n) is 3.09. The number of hydrogen-bond donors (Lipinski definition) is 0. The van der Waals surface area contributed by atoms with E-state index in [2.05, 4.69) is 16.7 Å². The van der Waals surface area contributed by atoms with Crippen LogP contribution in [0.4, 0.5) is 0 Å². The molecule has 3 aromatic rings. The van der Waals surface area contributed by atoms with Crippen LogP contribution in [-0.2, 0) is 7.05 Å². The minimum Gasteiger partial charge on any atom is -0.350 e. The first-order valence-corrected chi connectivity index (χ1v) is 6.03. The Hall–Kier alpha value is -2.28. The average Bonchev–Trinajstić information content (AvgIpc) is 2.78. The molecule has 0 spiro atoms. The maximum atomic E-state index is 8.29. The van der Waals surface area contributed by atoms with Gasteiger partial charge in [0.2, 0.25) is 0 Å². The number of fused-ring (bicyclic) bond motifs is 1. The lowest BCUT2D eigenvalue weighted by atomic mass is 10.1. The third-order valence-corrected chi connectivity index (χ3v) is 3.09. The van der Waals surface area contributed by atoms with E-state index in [-0.39, 0.29) is 0 Å². The van der Waals surface area contributed by atoms with E-state index in [0.717, 1.165) is 22.0 Å². The van der Waals surface area contributed by atoms with Gasteiger partial charge in [-0.1, -0.05) is 60.7 Å². The van der Waals surface area contributed by atoms with Crippen molar-refractivity contribution in [2.45, 2.75) is 0 Å². The summed E-state index contributed by atoms with van der Waals surface area (Å²) in [6.07, 6.45) is 3.92. The molecule has 0 N–H and O–H groups in total. The summed E-state index contributed by atoms with van der Waals surface area (Å²) in [7, 11) is 2.02. The summed E-state index contributed by atoms with van der Waals surface area (Å²) in [5.74, 6) is 0. The number of aromatic nitrogens is 1. The number of aryl methyl sites for hydroxylation is 1. The van der Waals surface area contributed by atoms with Crippen molar-refractivity contribution in [3.05, 3.63) is 71.9 Å². The van der Waals surface area contributed by atoms with Crippen LogP contribution >= 0.6 is 0 Å². The Morgan fingerprint density at radius 3 is 2.56 bits per heavy atom. The van der Waals surface area contributed by atoms with Crippen LogP contribution in [0, 0.1) is 0 Å². The van der Waals surface area contributed by atoms with E-state index in [0.29, 0.717) is 6.05 Å². The lowest BCUT2D eigenvalue weighted by Gasteiger charge is -1.93. The van der Waals surface area contributed by atoms with E-state index in [4.69, 9.17) is 1.37 Å². The molecule has 0 saturated heterocycles. The molecular weight excluding hydrogens is 218 g/mol. The highest BCUT2D eigenvalue weighted by Crippen LogP contribution is 2.22. The summed E-state index contributed by atoms with van der Waals surface area (Å²) in [4.78, 5) is 0. The van der Waals surface area contributed by atoms with Gasteiger partial charge in [0.1, 0.15) is 0 Å². The molecule has 88 valence electrons. The minimum atomic E-state index is 0.544. The summed E-state index contributed by atoms with van der Waals surface area (Å²) < 4.78 is 10.4. The molecule has 0 fully saturated rings. The summed E-state index contributed by atoms with van der Waals surface area (Å²) in [6, 6.07) is 18.7. The van der Waals surface area contributed by atoms with Gasteiger partial charge in [0.05, 0.1) is 1.37 Å². The van der Waals surface area contributed by atoms with Crippen molar-refractivity contribution in [3.63, 3.8) is 0 Å². The van der Waals surface area contributed by atoms with Crippen LogP contribution in [0.3, 0.4) is 0 Å². The Morgan fingerprint density at radius 2 is 1.72 bits per heavy atom. The molecule has 3 rings (SSSR count). The van der Waals surface area contributed by atoms with Crippen molar-refractivity contribution >= 4 is 23.0 Å². The molecule has 1 aromatic heterocycles. The Kier molecular flexibility index (Phi) is 2.45. The second kappa shape index (κ2) is 4.53. The standard InChI is InChI=1S/C17H15N/c1-18-13-15(16-9-5-6-10-17(16)18)12-11-14-7-3-2-4-8-14/h2-13H,1H3/b12-11+/i12D. The molecule has 0 saturated carbocycles. The van der Waals surface area contributed by atoms with Crippen LogP contribution in [0.25, 0.3) is 23.0 Å². The first-order chi connectivity index (χ1) is 9.25. The number of para-hydroxylation sites is 1. The van der Waals surface area contributed by atoms with Crippen molar-refractivity contribution in [3.8, 4) is 0 Å². The van der Waals surface area contributed by atoms with E-state index >= 15 is 0 Å². The van der Waals surface area contributed by atoms with Crippen LogP contribution in [0.5, 0.6) is 0 Å². The molecule has 0 aliphatic rings. The number of benzene rings is 2. The number of hydrogen-bond acceptors (Lipinski definition) is 0. The van der Waals surface area contributed by atoms with Gasteiger partial charge < -0.3 is 4.57 Å². The van der Waals surface area contributed by atoms with E-state index in [9.17, 15) is 0 Å². The minimum absolute atomic E-state index is 0.544. The topological polar surface area (TPSA) is 4.93 Å². The molecule has 1 heteroatoms. The van der Waals surface area contributed by atoms with Crippen molar-refractivity contribution in [2.24, 2.45) is 7.05 Å². The lowest BCUT2D eigenvalue weighted by molar-refractivity contribution is 0.968. The predicted molar refractivity (Wildman–Crippen MR) is 78.3 cm³/mol.